The molecular weight excluding hydrogens is 254 g/mol. The third-order valence-corrected chi connectivity index (χ3v) is 2.92. The Kier molecular flexibility index (Phi) is 4.10. The molecule has 5 heteroatoms. The fraction of sp³-hybridized carbons (Fsp3) is 0.133. The fourth-order valence-corrected chi connectivity index (χ4v) is 1.77. The fourth-order valence-electron chi connectivity index (χ4n) is 1.77. The lowest BCUT2D eigenvalue weighted by Crippen LogP contribution is -2.28. The smallest absolute Gasteiger partial charge is 0.251 e. The molecule has 0 spiro atoms. The third-order valence-electron chi connectivity index (χ3n) is 2.92. The van der Waals surface area contributed by atoms with Crippen LogP contribution in [0.3, 0.4) is 0 Å². The standard InChI is InChI=1S/C15H15N3O2/c16-13-6-3-11(9-14(13)17)15(20)18-8-7-10-1-4-12(19)5-2-10/h1-6,9,16-17,19H,7-8H2,(H,18,20). The second kappa shape index (κ2) is 5.97. The summed E-state index contributed by atoms with van der Waals surface area (Å²) in [5.74, 6) is -0.0338. The minimum atomic E-state index is -0.253. The topological polar surface area (TPSA) is 97.0 Å². The number of amides is 1. The number of allylic oxidation sites excluding steroid dienone is 2. The van der Waals surface area contributed by atoms with Crippen LogP contribution in [-0.2, 0) is 11.2 Å². The Morgan fingerprint density at radius 2 is 1.80 bits per heavy atom. The molecule has 0 aliphatic heterocycles. The van der Waals surface area contributed by atoms with Crippen LogP contribution in [0, 0.1) is 10.8 Å². The van der Waals surface area contributed by atoms with Crippen molar-refractivity contribution in [2.45, 2.75) is 6.42 Å². The lowest BCUT2D eigenvalue weighted by molar-refractivity contribution is -0.117. The van der Waals surface area contributed by atoms with Crippen molar-refractivity contribution in [1.82, 2.24) is 5.32 Å². The Hall–Kier alpha value is -2.69. The zero-order chi connectivity index (χ0) is 14.5. The number of phenolic OH excluding ortho intramolecular Hbond substituents is 1. The van der Waals surface area contributed by atoms with Crippen LogP contribution in [-0.4, -0.2) is 29.0 Å². The Labute approximate surface area is 116 Å². The van der Waals surface area contributed by atoms with Gasteiger partial charge < -0.3 is 10.4 Å². The van der Waals surface area contributed by atoms with Gasteiger partial charge in [0.15, 0.2) is 0 Å². The summed E-state index contributed by atoms with van der Waals surface area (Å²) in [6.07, 6.45) is 5.03. The van der Waals surface area contributed by atoms with Gasteiger partial charge in [-0.05, 0) is 42.3 Å². The second-order valence-corrected chi connectivity index (χ2v) is 4.43. The number of carbonyl (C=O) groups is 1. The van der Waals surface area contributed by atoms with E-state index >= 15 is 0 Å². The van der Waals surface area contributed by atoms with Gasteiger partial charge in [-0.1, -0.05) is 12.1 Å². The van der Waals surface area contributed by atoms with Crippen molar-refractivity contribution in [2.24, 2.45) is 0 Å². The van der Waals surface area contributed by atoms with E-state index in [1.165, 1.54) is 18.2 Å². The second-order valence-electron chi connectivity index (χ2n) is 4.43. The Morgan fingerprint density at radius 1 is 1.10 bits per heavy atom. The van der Waals surface area contributed by atoms with Gasteiger partial charge >= 0.3 is 0 Å². The number of aromatic hydroxyl groups is 1. The third kappa shape index (κ3) is 3.41. The molecule has 1 aromatic carbocycles. The summed E-state index contributed by atoms with van der Waals surface area (Å²) in [4.78, 5) is 11.9. The van der Waals surface area contributed by atoms with E-state index < -0.39 is 0 Å². The summed E-state index contributed by atoms with van der Waals surface area (Å²) in [6.45, 7) is 0.472. The highest BCUT2D eigenvalue weighted by Gasteiger charge is 2.12. The number of nitrogens with one attached hydrogen (secondary N) is 3. The van der Waals surface area contributed by atoms with Crippen LogP contribution >= 0.6 is 0 Å². The van der Waals surface area contributed by atoms with E-state index in [0.29, 0.717) is 18.5 Å². The Morgan fingerprint density at radius 3 is 2.45 bits per heavy atom. The first-order chi connectivity index (χ1) is 9.56. The number of hydrogen-bond acceptors (Lipinski definition) is 4. The maximum atomic E-state index is 11.9. The number of rotatable bonds is 4. The van der Waals surface area contributed by atoms with Crippen LogP contribution in [0.2, 0.25) is 0 Å². The predicted octanol–water partition coefficient (Wildman–Crippen LogP) is 1.59. The summed E-state index contributed by atoms with van der Waals surface area (Å²) in [5, 5.41) is 26.8. The number of benzene rings is 1. The monoisotopic (exact) mass is 269 g/mol. The van der Waals surface area contributed by atoms with Crippen LogP contribution in [0.5, 0.6) is 5.75 Å². The van der Waals surface area contributed by atoms with E-state index in [1.54, 1.807) is 24.3 Å². The normalized spacial score (nSPS) is 14.1. The molecule has 102 valence electrons. The first-order valence-electron chi connectivity index (χ1n) is 6.19. The molecule has 0 unspecified atom stereocenters. The maximum absolute atomic E-state index is 11.9. The molecule has 0 aromatic heterocycles. The van der Waals surface area contributed by atoms with Crippen molar-refractivity contribution in [3.8, 4) is 5.75 Å². The van der Waals surface area contributed by atoms with Gasteiger partial charge in [0.05, 0.1) is 11.4 Å². The van der Waals surface area contributed by atoms with Crippen molar-refractivity contribution < 1.29 is 9.90 Å². The molecule has 1 aliphatic carbocycles. The van der Waals surface area contributed by atoms with Crippen molar-refractivity contribution >= 4 is 17.3 Å². The van der Waals surface area contributed by atoms with Crippen molar-refractivity contribution in [3.63, 3.8) is 0 Å². The number of phenols is 1. The summed E-state index contributed by atoms with van der Waals surface area (Å²) >= 11 is 0. The predicted molar refractivity (Wildman–Crippen MR) is 77.5 cm³/mol. The molecule has 0 saturated heterocycles. The van der Waals surface area contributed by atoms with Gasteiger partial charge in [0, 0.05) is 12.1 Å². The molecule has 5 nitrogen and oxygen atoms in total. The first-order valence-corrected chi connectivity index (χ1v) is 6.19. The largest absolute Gasteiger partial charge is 0.508 e. The van der Waals surface area contributed by atoms with Gasteiger partial charge in [-0.15, -0.1) is 0 Å². The van der Waals surface area contributed by atoms with E-state index in [1.807, 2.05) is 0 Å². The maximum Gasteiger partial charge on any atom is 0.251 e. The lowest BCUT2D eigenvalue weighted by Gasteiger charge is -2.09. The van der Waals surface area contributed by atoms with E-state index in [0.717, 1.165) is 5.56 Å². The van der Waals surface area contributed by atoms with E-state index in [-0.39, 0.29) is 23.1 Å². The first kappa shape index (κ1) is 13.7. The minimum Gasteiger partial charge on any atom is -0.508 e. The summed E-state index contributed by atoms with van der Waals surface area (Å²) in [7, 11) is 0. The molecule has 0 atom stereocenters. The zero-order valence-electron chi connectivity index (χ0n) is 10.8. The summed E-state index contributed by atoms with van der Waals surface area (Å²) in [5.41, 5.74) is 1.55. The zero-order valence-corrected chi connectivity index (χ0v) is 10.8. The molecule has 2 rings (SSSR count). The molecule has 0 radical (unpaired) electrons. The highest BCUT2D eigenvalue weighted by atomic mass is 16.3. The van der Waals surface area contributed by atoms with Crippen LogP contribution in [0.15, 0.2) is 48.1 Å². The summed E-state index contributed by atoms with van der Waals surface area (Å²) < 4.78 is 0. The number of hydrogen-bond donors (Lipinski definition) is 4. The molecule has 20 heavy (non-hydrogen) atoms. The van der Waals surface area contributed by atoms with Gasteiger partial charge in [0.2, 0.25) is 0 Å². The van der Waals surface area contributed by atoms with Crippen LogP contribution in [0.4, 0.5) is 0 Å². The van der Waals surface area contributed by atoms with Gasteiger partial charge in [-0.2, -0.15) is 0 Å². The molecule has 1 aliphatic rings. The molecule has 0 fully saturated rings. The van der Waals surface area contributed by atoms with Crippen molar-refractivity contribution in [2.75, 3.05) is 6.54 Å². The molecule has 0 saturated carbocycles. The van der Waals surface area contributed by atoms with Gasteiger partial charge in [-0.25, -0.2) is 0 Å². The van der Waals surface area contributed by atoms with E-state index in [2.05, 4.69) is 5.32 Å². The van der Waals surface area contributed by atoms with Crippen LogP contribution in [0.1, 0.15) is 5.56 Å². The quantitative estimate of drug-likeness (QED) is 0.624. The lowest BCUT2D eigenvalue weighted by atomic mass is 10.0. The Balaban J connectivity index is 1.85. The SMILES string of the molecule is N=C1C=CC(C(=O)NCCc2ccc(O)cc2)=CC1=N. The molecule has 4 N–H and O–H groups in total. The Bertz CT molecular complexity index is 613. The highest BCUT2D eigenvalue weighted by Crippen LogP contribution is 2.10. The molecule has 1 amide bonds. The average molecular weight is 269 g/mol. The van der Waals surface area contributed by atoms with Crippen LogP contribution in [0.25, 0.3) is 0 Å². The van der Waals surface area contributed by atoms with Gasteiger partial charge in [0.1, 0.15) is 5.75 Å². The molecular formula is C15H15N3O2. The van der Waals surface area contributed by atoms with Crippen LogP contribution < -0.4 is 5.32 Å². The average Bonchev–Trinajstić information content (AvgIpc) is 2.44. The van der Waals surface area contributed by atoms with Gasteiger partial charge in [-0.3, -0.25) is 15.6 Å². The van der Waals surface area contributed by atoms with Crippen molar-refractivity contribution in [1.29, 1.82) is 10.8 Å². The molecule has 0 bridgehead atoms. The van der Waals surface area contributed by atoms with E-state index in [4.69, 9.17) is 15.9 Å². The molecule has 0 heterocycles. The van der Waals surface area contributed by atoms with Crippen molar-refractivity contribution in [3.05, 3.63) is 53.6 Å². The van der Waals surface area contributed by atoms with Gasteiger partial charge in [0.25, 0.3) is 5.91 Å². The number of carbonyl (C=O) groups excluding carboxylic acids is 1. The molecule has 1 aromatic rings. The summed E-state index contributed by atoms with van der Waals surface area (Å²) in [6, 6.07) is 6.82. The van der Waals surface area contributed by atoms with E-state index in [9.17, 15) is 4.79 Å². The highest BCUT2D eigenvalue weighted by molar-refractivity contribution is 6.49. The minimum absolute atomic E-state index is 0.0381.